The van der Waals surface area contributed by atoms with Crippen molar-refractivity contribution in [2.75, 3.05) is 0 Å². The normalized spacial score (nSPS) is 12.9. The Bertz CT molecular complexity index is 2050. The van der Waals surface area contributed by atoms with Gasteiger partial charge in [-0.1, -0.05) is 103 Å². The van der Waals surface area contributed by atoms with Gasteiger partial charge in [0.2, 0.25) is 0 Å². The Balaban J connectivity index is 1.40. The van der Waals surface area contributed by atoms with Gasteiger partial charge in [0.25, 0.3) is 0 Å². The number of benzene rings is 4. The summed E-state index contributed by atoms with van der Waals surface area (Å²) in [7, 11) is 0. The van der Waals surface area contributed by atoms with Crippen LogP contribution in [0.1, 0.15) is 22.5 Å². The first-order valence-electron chi connectivity index (χ1n) is 14.4. The average Bonchev–Trinajstić information content (AvgIpc) is 3.65. The molecule has 0 aliphatic heterocycles. The van der Waals surface area contributed by atoms with Crippen LogP contribution >= 0.6 is 0 Å². The summed E-state index contributed by atoms with van der Waals surface area (Å²) >= 11 is 0. The van der Waals surface area contributed by atoms with Crippen molar-refractivity contribution in [2.45, 2.75) is 5.41 Å². The van der Waals surface area contributed by atoms with Gasteiger partial charge >= 0.3 is 0 Å². The van der Waals surface area contributed by atoms with Crippen molar-refractivity contribution in [1.82, 2.24) is 15.0 Å². The molecule has 0 saturated carbocycles. The summed E-state index contributed by atoms with van der Waals surface area (Å²) < 4.78 is 0. The Morgan fingerprint density at radius 3 is 1.86 bits per heavy atom. The van der Waals surface area contributed by atoms with E-state index in [0.717, 1.165) is 45.2 Å². The zero-order chi connectivity index (χ0) is 28.8. The highest BCUT2D eigenvalue weighted by Gasteiger charge is 2.48. The number of aromatic nitrogens is 3. The van der Waals surface area contributed by atoms with Crippen LogP contribution in [0.5, 0.6) is 5.75 Å². The lowest BCUT2D eigenvalue weighted by molar-refractivity contribution is 0.477. The number of hydrogen-bond donors (Lipinski definition) is 2. The smallest absolute Gasteiger partial charge is 0.124 e. The number of aromatic hydroxyl groups is 1. The summed E-state index contributed by atoms with van der Waals surface area (Å²) in [5, 5.41) is 10.7. The van der Waals surface area contributed by atoms with Gasteiger partial charge in [0, 0.05) is 17.3 Å². The van der Waals surface area contributed by atoms with Crippen molar-refractivity contribution in [2.24, 2.45) is 0 Å². The molecule has 0 bridgehead atoms. The molecule has 4 nitrogen and oxygen atoms in total. The first kappa shape index (κ1) is 25.0. The quantitative estimate of drug-likeness (QED) is 0.224. The molecule has 8 rings (SSSR count). The minimum atomic E-state index is -0.690. The maximum absolute atomic E-state index is 10.7. The molecule has 0 spiro atoms. The fraction of sp³-hybridized carbons (Fsp3) is 0.0256. The Kier molecular flexibility index (Phi) is 5.80. The predicted octanol–water partition coefficient (Wildman–Crippen LogP) is 8.87. The molecular weight excluding hydrogens is 526 g/mol. The van der Waals surface area contributed by atoms with E-state index >= 15 is 0 Å². The molecule has 1 aliphatic rings. The minimum Gasteiger partial charge on any atom is -0.507 e. The van der Waals surface area contributed by atoms with Crippen LogP contribution in [-0.4, -0.2) is 20.1 Å². The molecule has 7 aromatic rings. The van der Waals surface area contributed by atoms with Crippen molar-refractivity contribution in [3.05, 3.63) is 174 Å². The highest BCUT2D eigenvalue weighted by molar-refractivity contribution is 5.88. The summed E-state index contributed by atoms with van der Waals surface area (Å²) in [4.78, 5) is 14.0. The van der Waals surface area contributed by atoms with Gasteiger partial charge in [0.15, 0.2) is 0 Å². The third-order valence-corrected chi connectivity index (χ3v) is 8.49. The van der Waals surface area contributed by atoms with Gasteiger partial charge in [-0.15, -0.1) is 0 Å². The zero-order valence-electron chi connectivity index (χ0n) is 23.3. The number of H-pyrrole nitrogens is 1. The molecule has 3 heterocycles. The summed E-state index contributed by atoms with van der Waals surface area (Å²) in [6.45, 7) is 0. The Labute approximate surface area is 250 Å². The van der Waals surface area contributed by atoms with Crippen LogP contribution in [0.4, 0.5) is 0 Å². The Hall–Kier alpha value is -5.74. The number of pyridine rings is 2. The van der Waals surface area contributed by atoms with E-state index in [1.54, 1.807) is 6.07 Å². The zero-order valence-corrected chi connectivity index (χ0v) is 23.3. The van der Waals surface area contributed by atoms with Gasteiger partial charge in [-0.2, -0.15) is 0 Å². The van der Waals surface area contributed by atoms with Gasteiger partial charge in [-0.3, -0.25) is 4.98 Å². The van der Waals surface area contributed by atoms with E-state index in [1.807, 2.05) is 48.7 Å². The predicted molar refractivity (Wildman–Crippen MR) is 172 cm³/mol. The number of nitrogens with zero attached hydrogens (tertiary/aromatic N) is 2. The second kappa shape index (κ2) is 9.97. The van der Waals surface area contributed by atoms with Gasteiger partial charge in [-0.25, -0.2) is 4.98 Å². The highest BCUT2D eigenvalue weighted by Crippen LogP contribution is 2.55. The van der Waals surface area contributed by atoms with Gasteiger partial charge < -0.3 is 10.1 Å². The summed E-state index contributed by atoms with van der Waals surface area (Å²) in [5.41, 5.74) is 11.2. The van der Waals surface area contributed by atoms with E-state index in [4.69, 9.17) is 9.97 Å². The van der Waals surface area contributed by atoms with Crippen molar-refractivity contribution >= 4 is 0 Å². The molecule has 0 atom stereocenters. The van der Waals surface area contributed by atoms with Crippen molar-refractivity contribution < 1.29 is 5.11 Å². The minimum absolute atomic E-state index is 0.227. The maximum atomic E-state index is 10.7. The molecule has 2 N–H and O–H groups in total. The number of fused-ring (bicyclic) bond motifs is 3. The van der Waals surface area contributed by atoms with E-state index in [9.17, 15) is 5.11 Å². The van der Waals surface area contributed by atoms with E-state index in [2.05, 4.69) is 102 Å². The van der Waals surface area contributed by atoms with E-state index in [1.165, 1.54) is 22.3 Å². The second-order valence-electron chi connectivity index (χ2n) is 10.8. The number of para-hydroxylation sites is 1. The molecule has 3 aromatic heterocycles. The SMILES string of the molecule is Oc1ccccc1-c1cc(-c2ccccc2)c(-c2cccc(C3(c4ccccn4)c4ccccc4-c4ccccc43)n2)[nH]1. The molecule has 4 aromatic carbocycles. The lowest BCUT2D eigenvalue weighted by atomic mass is 9.72. The molecule has 0 fully saturated rings. The molecular formula is C39H27N3O. The number of phenols is 1. The van der Waals surface area contributed by atoms with Crippen LogP contribution in [0.3, 0.4) is 0 Å². The maximum Gasteiger partial charge on any atom is 0.124 e. The standard InChI is InChI=1S/C39H27N3O/c43-35-21-9-6-17-29(35)34-25-30(26-13-2-1-3-14-26)38(42-34)33-20-12-23-37(41-33)39(36-22-10-11-24-40-36)31-18-7-4-15-27(31)28-16-5-8-19-32(28)39/h1-25,42-43H. The number of nitrogens with one attached hydrogen (secondary N) is 1. The number of aromatic amines is 1. The monoisotopic (exact) mass is 553 g/mol. The molecule has 1 aliphatic carbocycles. The van der Waals surface area contributed by atoms with E-state index in [0.29, 0.717) is 0 Å². The van der Waals surface area contributed by atoms with Crippen LogP contribution < -0.4 is 0 Å². The first-order chi connectivity index (χ1) is 21.2. The largest absolute Gasteiger partial charge is 0.507 e. The Morgan fingerprint density at radius 2 is 1.16 bits per heavy atom. The summed E-state index contributed by atoms with van der Waals surface area (Å²) in [6.07, 6.45) is 1.86. The van der Waals surface area contributed by atoms with Gasteiger partial charge in [0.05, 0.1) is 28.5 Å². The molecule has 0 saturated heterocycles. The van der Waals surface area contributed by atoms with Crippen LogP contribution in [-0.2, 0) is 5.41 Å². The van der Waals surface area contributed by atoms with Gasteiger partial charge in [0.1, 0.15) is 11.2 Å². The van der Waals surface area contributed by atoms with E-state index < -0.39 is 5.41 Å². The summed E-state index contributed by atoms with van der Waals surface area (Å²) in [6, 6.07) is 49.4. The number of rotatable bonds is 5. The van der Waals surface area contributed by atoms with Gasteiger partial charge in [-0.05, 0) is 70.3 Å². The number of phenolic OH excluding ortho intramolecular Hbond substituents is 1. The molecule has 4 heteroatoms. The lowest BCUT2D eigenvalue weighted by Crippen LogP contribution is -2.31. The topological polar surface area (TPSA) is 61.8 Å². The van der Waals surface area contributed by atoms with Crippen LogP contribution in [0.25, 0.3) is 44.9 Å². The van der Waals surface area contributed by atoms with Crippen molar-refractivity contribution in [3.63, 3.8) is 0 Å². The first-order valence-corrected chi connectivity index (χ1v) is 14.4. The van der Waals surface area contributed by atoms with Crippen molar-refractivity contribution in [3.8, 4) is 50.6 Å². The van der Waals surface area contributed by atoms with E-state index in [-0.39, 0.29) is 5.75 Å². The second-order valence-corrected chi connectivity index (χ2v) is 10.8. The third-order valence-electron chi connectivity index (χ3n) is 8.49. The third kappa shape index (κ3) is 3.84. The molecule has 204 valence electrons. The molecule has 43 heavy (non-hydrogen) atoms. The molecule has 0 radical (unpaired) electrons. The van der Waals surface area contributed by atoms with Crippen LogP contribution in [0, 0.1) is 0 Å². The molecule has 0 unspecified atom stereocenters. The van der Waals surface area contributed by atoms with Crippen LogP contribution in [0.15, 0.2) is 152 Å². The lowest BCUT2D eigenvalue weighted by Gasteiger charge is -2.31. The summed E-state index contributed by atoms with van der Waals surface area (Å²) in [5.74, 6) is 0.227. The van der Waals surface area contributed by atoms with Crippen molar-refractivity contribution in [1.29, 1.82) is 0 Å². The highest BCUT2D eigenvalue weighted by atomic mass is 16.3. The Morgan fingerprint density at radius 1 is 0.535 bits per heavy atom. The fourth-order valence-corrected chi connectivity index (χ4v) is 6.63. The number of hydrogen-bond acceptors (Lipinski definition) is 3. The fourth-order valence-electron chi connectivity index (χ4n) is 6.63. The average molecular weight is 554 g/mol. The molecule has 0 amide bonds. The van der Waals surface area contributed by atoms with Crippen LogP contribution in [0.2, 0.25) is 0 Å².